The van der Waals surface area contributed by atoms with E-state index in [2.05, 4.69) is 0 Å². The van der Waals surface area contributed by atoms with E-state index in [-0.39, 0.29) is 18.4 Å². The van der Waals surface area contributed by atoms with Crippen molar-refractivity contribution < 1.29 is 9.59 Å². The van der Waals surface area contributed by atoms with Crippen molar-refractivity contribution in [2.45, 2.75) is 49.5 Å². The molecule has 1 fully saturated rings. The molecule has 0 unspecified atom stereocenters. The number of rotatable bonds is 3. The van der Waals surface area contributed by atoms with Gasteiger partial charge in [0.05, 0.1) is 11.4 Å². The summed E-state index contributed by atoms with van der Waals surface area (Å²) >= 11 is 1.55. The number of hydrogen-bond donors (Lipinski definition) is 0. The predicted octanol–water partition coefficient (Wildman–Crippen LogP) is 3.31. The number of nitrogens with zero attached hydrogens (tertiary/aromatic N) is 2. The number of carbonyl (C=O) groups excluding carboxylic acids is 2. The van der Waals surface area contributed by atoms with Crippen LogP contribution >= 0.6 is 11.8 Å². The minimum atomic E-state index is 0.0244. The van der Waals surface area contributed by atoms with Crippen molar-refractivity contribution in [1.29, 1.82) is 0 Å². The van der Waals surface area contributed by atoms with Crippen LogP contribution in [0.15, 0.2) is 29.2 Å². The van der Waals surface area contributed by atoms with Crippen molar-refractivity contribution in [3.05, 3.63) is 24.3 Å². The standard InChI is InChI=1S/C18H24N2O2S/c1-19(14-8-4-2-3-5-9-14)17(21)12-20-15-10-6-7-11-16(15)23-13-18(20)22/h6-7,10-11,14H,2-5,8-9,12-13H2,1H3. The van der Waals surface area contributed by atoms with Gasteiger partial charge in [-0.15, -0.1) is 11.8 Å². The Hall–Kier alpha value is -1.49. The Labute approximate surface area is 142 Å². The lowest BCUT2D eigenvalue weighted by molar-refractivity contribution is -0.132. The summed E-state index contributed by atoms with van der Waals surface area (Å²) in [4.78, 5) is 29.6. The van der Waals surface area contributed by atoms with Gasteiger partial charge in [0.1, 0.15) is 6.54 Å². The number of amides is 2. The number of para-hydroxylation sites is 1. The second-order valence-corrected chi connectivity index (χ2v) is 7.40. The van der Waals surface area contributed by atoms with Crippen LogP contribution in [-0.2, 0) is 9.59 Å². The normalized spacial score (nSPS) is 19.2. The summed E-state index contributed by atoms with van der Waals surface area (Å²) in [7, 11) is 1.90. The van der Waals surface area contributed by atoms with Crippen molar-refractivity contribution in [2.24, 2.45) is 0 Å². The topological polar surface area (TPSA) is 40.6 Å². The lowest BCUT2D eigenvalue weighted by Gasteiger charge is -2.32. The van der Waals surface area contributed by atoms with Crippen molar-refractivity contribution >= 4 is 29.3 Å². The molecule has 1 heterocycles. The van der Waals surface area contributed by atoms with Gasteiger partial charge < -0.3 is 9.80 Å². The highest BCUT2D eigenvalue weighted by Gasteiger charge is 2.29. The van der Waals surface area contributed by atoms with E-state index >= 15 is 0 Å². The summed E-state index contributed by atoms with van der Waals surface area (Å²) in [5, 5.41) is 0. The summed E-state index contributed by atoms with van der Waals surface area (Å²) in [6, 6.07) is 8.16. The van der Waals surface area contributed by atoms with Crippen molar-refractivity contribution in [2.75, 3.05) is 24.2 Å². The smallest absolute Gasteiger partial charge is 0.242 e. The van der Waals surface area contributed by atoms with Gasteiger partial charge in [0, 0.05) is 18.0 Å². The molecule has 1 aliphatic heterocycles. The second-order valence-electron chi connectivity index (χ2n) is 6.39. The average molecular weight is 332 g/mol. The van der Waals surface area contributed by atoms with Crippen LogP contribution in [0.4, 0.5) is 5.69 Å². The molecule has 2 amide bonds. The first-order valence-electron chi connectivity index (χ1n) is 8.44. The fourth-order valence-corrected chi connectivity index (χ4v) is 4.36. The van der Waals surface area contributed by atoms with E-state index < -0.39 is 0 Å². The van der Waals surface area contributed by atoms with Gasteiger partial charge in [0.2, 0.25) is 11.8 Å². The van der Waals surface area contributed by atoms with E-state index in [1.54, 1.807) is 16.7 Å². The lowest BCUT2D eigenvalue weighted by Crippen LogP contribution is -2.46. The van der Waals surface area contributed by atoms with Gasteiger partial charge in [-0.2, -0.15) is 0 Å². The Kier molecular flexibility index (Phi) is 5.26. The van der Waals surface area contributed by atoms with E-state index in [0.717, 1.165) is 23.4 Å². The third kappa shape index (κ3) is 3.71. The number of anilines is 1. The van der Waals surface area contributed by atoms with Gasteiger partial charge in [0.15, 0.2) is 0 Å². The molecule has 3 rings (SSSR count). The molecule has 0 atom stereocenters. The molecule has 23 heavy (non-hydrogen) atoms. The van der Waals surface area contributed by atoms with Gasteiger partial charge in [-0.25, -0.2) is 0 Å². The summed E-state index contributed by atoms with van der Waals surface area (Å²) in [5.74, 6) is 0.487. The van der Waals surface area contributed by atoms with Crippen molar-refractivity contribution in [1.82, 2.24) is 4.90 Å². The maximum Gasteiger partial charge on any atom is 0.242 e. The third-order valence-electron chi connectivity index (χ3n) is 4.87. The molecule has 1 aliphatic carbocycles. The lowest BCUT2D eigenvalue weighted by atomic mass is 10.1. The van der Waals surface area contributed by atoms with Gasteiger partial charge in [-0.05, 0) is 25.0 Å². The largest absolute Gasteiger partial charge is 0.341 e. The van der Waals surface area contributed by atoms with Crippen LogP contribution in [0, 0.1) is 0 Å². The minimum Gasteiger partial charge on any atom is -0.341 e. The first-order valence-corrected chi connectivity index (χ1v) is 9.43. The number of benzene rings is 1. The zero-order valence-electron chi connectivity index (χ0n) is 13.7. The molecule has 124 valence electrons. The SMILES string of the molecule is CN(C(=O)CN1C(=O)CSc2ccccc21)C1CCCCCC1. The monoisotopic (exact) mass is 332 g/mol. The van der Waals surface area contributed by atoms with Gasteiger partial charge in [-0.3, -0.25) is 9.59 Å². The highest BCUT2D eigenvalue weighted by Crippen LogP contribution is 2.34. The zero-order chi connectivity index (χ0) is 16.2. The molecule has 5 heteroatoms. The van der Waals surface area contributed by atoms with Gasteiger partial charge in [-0.1, -0.05) is 37.8 Å². The Morgan fingerprint density at radius 3 is 2.65 bits per heavy atom. The Balaban J connectivity index is 1.70. The maximum atomic E-state index is 12.7. The molecule has 0 saturated heterocycles. The van der Waals surface area contributed by atoms with E-state index in [1.165, 1.54) is 25.7 Å². The van der Waals surface area contributed by atoms with Gasteiger partial charge in [0.25, 0.3) is 0 Å². The van der Waals surface area contributed by atoms with Crippen LogP contribution in [0.25, 0.3) is 0 Å². The van der Waals surface area contributed by atoms with E-state index in [4.69, 9.17) is 0 Å². The molecule has 0 radical (unpaired) electrons. The molecule has 0 spiro atoms. The van der Waals surface area contributed by atoms with Crippen LogP contribution in [0.1, 0.15) is 38.5 Å². The molecular formula is C18H24N2O2S. The van der Waals surface area contributed by atoms with Crippen LogP contribution in [0.5, 0.6) is 0 Å². The molecule has 1 aromatic rings. The number of likely N-dealkylation sites (N-methyl/N-ethyl adjacent to an activating group) is 1. The fourth-order valence-electron chi connectivity index (χ4n) is 3.42. The molecule has 1 saturated carbocycles. The molecule has 0 aromatic heterocycles. The second kappa shape index (κ2) is 7.39. The molecule has 1 aromatic carbocycles. The van der Waals surface area contributed by atoms with Crippen LogP contribution in [-0.4, -0.2) is 42.1 Å². The van der Waals surface area contributed by atoms with Gasteiger partial charge >= 0.3 is 0 Å². The number of fused-ring (bicyclic) bond motifs is 1. The Morgan fingerprint density at radius 1 is 1.22 bits per heavy atom. The molecule has 4 nitrogen and oxygen atoms in total. The van der Waals surface area contributed by atoms with Crippen LogP contribution in [0.3, 0.4) is 0 Å². The number of thioether (sulfide) groups is 1. The van der Waals surface area contributed by atoms with E-state index in [1.807, 2.05) is 36.2 Å². The van der Waals surface area contributed by atoms with E-state index in [9.17, 15) is 9.59 Å². The quantitative estimate of drug-likeness (QED) is 0.798. The third-order valence-corrected chi connectivity index (χ3v) is 5.91. The van der Waals surface area contributed by atoms with Crippen LogP contribution in [0.2, 0.25) is 0 Å². The maximum absolute atomic E-state index is 12.7. The fraction of sp³-hybridized carbons (Fsp3) is 0.556. The number of hydrogen-bond acceptors (Lipinski definition) is 3. The minimum absolute atomic E-state index is 0.0244. The first-order chi connectivity index (χ1) is 11.2. The number of carbonyl (C=O) groups is 2. The Morgan fingerprint density at radius 2 is 1.91 bits per heavy atom. The summed E-state index contributed by atoms with van der Waals surface area (Å²) in [6.45, 7) is 0.156. The Bertz CT molecular complexity index is 582. The first kappa shape index (κ1) is 16.4. The van der Waals surface area contributed by atoms with Crippen molar-refractivity contribution in [3.8, 4) is 0 Å². The average Bonchev–Trinajstić information content (AvgIpc) is 2.86. The predicted molar refractivity (Wildman–Crippen MR) is 93.8 cm³/mol. The zero-order valence-corrected chi connectivity index (χ0v) is 14.5. The van der Waals surface area contributed by atoms with Crippen molar-refractivity contribution in [3.63, 3.8) is 0 Å². The molecule has 2 aliphatic rings. The summed E-state index contributed by atoms with van der Waals surface area (Å²) in [6.07, 6.45) is 7.11. The summed E-state index contributed by atoms with van der Waals surface area (Å²) < 4.78 is 0. The van der Waals surface area contributed by atoms with E-state index in [0.29, 0.717) is 11.8 Å². The molecule has 0 N–H and O–H groups in total. The molecular weight excluding hydrogens is 308 g/mol. The summed E-state index contributed by atoms with van der Waals surface area (Å²) in [5.41, 5.74) is 0.872. The molecule has 0 bridgehead atoms. The highest BCUT2D eigenvalue weighted by molar-refractivity contribution is 8.00. The van der Waals surface area contributed by atoms with Crippen LogP contribution < -0.4 is 4.90 Å². The highest BCUT2D eigenvalue weighted by atomic mass is 32.2.